The number of hydrogen-bond donors (Lipinski definition) is 1. The Bertz CT molecular complexity index is 321. The van der Waals surface area contributed by atoms with Gasteiger partial charge in [-0.15, -0.1) is 11.3 Å². The summed E-state index contributed by atoms with van der Waals surface area (Å²) in [4.78, 5) is 5.70. The van der Waals surface area contributed by atoms with Crippen molar-refractivity contribution >= 4 is 11.3 Å². The van der Waals surface area contributed by atoms with Crippen molar-refractivity contribution in [3.63, 3.8) is 0 Å². The van der Waals surface area contributed by atoms with Crippen LogP contribution >= 0.6 is 11.3 Å². The fraction of sp³-hybridized carbons (Fsp3) is 0.769. The van der Waals surface area contributed by atoms with E-state index in [1.54, 1.807) is 11.3 Å². The smallest absolute Gasteiger partial charge is 0.0798 e. The molecule has 0 aromatic carbocycles. The zero-order chi connectivity index (χ0) is 11.4. The highest BCUT2D eigenvalue weighted by atomic mass is 32.1. The van der Waals surface area contributed by atoms with Gasteiger partial charge >= 0.3 is 0 Å². The van der Waals surface area contributed by atoms with Crippen molar-refractivity contribution in [1.82, 2.24) is 10.3 Å². The van der Waals surface area contributed by atoms with Crippen LogP contribution in [0.3, 0.4) is 0 Å². The van der Waals surface area contributed by atoms with Crippen LogP contribution in [-0.2, 0) is 6.54 Å². The molecule has 1 heterocycles. The summed E-state index contributed by atoms with van der Waals surface area (Å²) >= 11 is 1.77. The summed E-state index contributed by atoms with van der Waals surface area (Å²) in [7, 11) is 0. The van der Waals surface area contributed by atoms with Gasteiger partial charge in [0.25, 0.3) is 0 Å². The van der Waals surface area contributed by atoms with E-state index in [9.17, 15) is 0 Å². The van der Waals surface area contributed by atoms with Crippen LogP contribution in [0, 0.1) is 12.8 Å². The summed E-state index contributed by atoms with van der Waals surface area (Å²) in [6.07, 6.45) is 6.96. The van der Waals surface area contributed by atoms with Crippen molar-refractivity contribution in [2.45, 2.75) is 58.5 Å². The maximum Gasteiger partial charge on any atom is 0.0798 e. The number of aromatic nitrogens is 1. The average molecular weight is 238 g/mol. The Kier molecular flexibility index (Phi) is 4.36. The molecule has 1 aromatic heterocycles. The molecule has 2 atom stereocenters. The first kappa shape index (κ1) is 12.1. The van der Waals surface area contributed by atoms with E-state index in [4.69, 9.17) is 0 Å². The fourth-order valence-corrected chi connectivity index (χ4v) is 3.24. The van der Waals surface area contributed by atoms with Crippen LogP contribution in [0.4, 0.5) is 0 Å². The minimum atomic E-state index is 0.712. The summed E-state index contributed by atoms with van der Waals surface area (Å²) in [6.45, 7) is 5.50. The first-order valence-corrected chi connectivity index (χ1v) is 7.27. The van der Waals surface area contributed by atoms with Gasteiger partial charge in [-0.2, -0.15) is 0 Å². The van der Waals surface area contributed by atoms with Gasteiger partial charge in [0, 0.05) is 17.5 Å². The Hall–Kier alpha value is -0.410. The van der Waals surface area contributed by atoms with E-state index in [-0.39, 0.29) is 0 Å². The Morgan fingerprint density at radius 2 is 2.19 bits per heavy atom. The molecule has 0 spiro atoms. The van der Waals surface area contributed by atoms with E-state index in [1.807, 2.05) is 5.51 Å². The summed E-state index contributed by atoms with van der Waals surface area (Å²) in [5.41, 5.74) is 3.14. The Morgan fingerprint density at radius 1 is 1.38 bits per heavy atom. The molecule has 1 aliphatic rings. The van der Waals surface area contributed by atoms with Crippen LogP contribution in [-0.4, -0.2) is 11.0 Å². The molecule has 2 unspecified atom stereocenters. The number of thiazole rings is 1. The second-order valence-corrected chi connectivity index (χ2v) is 5.90. The first-order valence-electron chi connectivity index (χ1n) is 6.39. The van der Waals surface area contributed by atoms with E-state index in [0.717, 1.165) is 12.5 Å². The van der Waals surface area contributed by atoms with Crippen LogP contribution in [0.5, 0.6) is 0 Å². The van der Waals surface area contributed by atoms with Crippen LogP contribution < -0.4 is 5.32 Å². The molecule has 2 nitrogen and oxygen atoms in total. The zero-order valence-electron chi connectivity index (χ0n) is 10.3. The quantitative estimate of drug-likeness (QED) is 0.815. The number of rotatable bonds is 3. The number of aryl methyl sites for hydroxylation is 1. The zero-order valence-corrected chi connectivity index (χ0v) is 11.1. The Morgan fingerprint density at radius 3 is 2.94 bits per heavy atom. The summed E-state index contributed by atoms with van der Waals surface area (Å²) in [6, 6.07) is 0.712. The van der Waals surface area contributed by atoms with Gasteiger partial charge in [-0.3, -0.25) is 0 Å². The molecule has 3 heteroatoms. The topological polar surface area (TPSA) is 24.9 Å². The lowest BCUT2D eigenvalue weighted by Gasteiger charge is -2.22. The van der Waals surface area contributed by atoms with Crippen LogP contribution in [0.1, 0.15) is 49.6 Å². The largest absolute Gasteiger partial charge is 0.309 e. The number of hydrogen-bond acceptors (Lipinski definition) is 3. The van der Waals surface area contributed by atoms with E-state index < -0.39 is 0 Å². The summed E-state index contributed by atoms with van der Waals surface area (Å²) < 4.78 is 0. The van der Waals surface area contributed by atoms with Crippen LogP contribution in [0.2, 0.25) is 0 Å². The van der Waals surface area contributed by atoms with Gasteiger partial charge in [0.1, 0.15) is 0 Å². The van der Waals surface area contributed by atoms with E-state index in [1.165, 1.54) is 42.7 Å². The summed E-state index contributed by atoms with van der Waals surface area (Å²) in [5.74, 6) is 0.829. The van der Waals surface area contributed by atoms with Gasteiger partial charge in [0.2, 0.25) is 0 Å². The summed E-state index contributed by atoms with van der Waals surface area (Å²) in [5, 5.41) is 3.72. The maximum absolute atomic E-state index is 4.30. The average Bonchev–Trinajstić information content (AvgIpc) is 2.56. The third-order valence-electron chi connectivity index (χ3n) is 3.73. The molecular weight excluding hydrogens is 216 g/mol. The first-order chi connectivity index (χ1) is 7.77. The Labute approximate surface area is 102 Å². The highest BCUT2D eigenvalue weighted by Crippen LogP contribution is 2.23. The molecule has 1 aromatic rings. The van der Waals surface area contributed by atoms with Crippen molar-refractivity contribution in [3.8, 4) is 0 Å². The third-order valence-corrected chi connectivity index (χ3v) is 4.67. The lowest BCUT2D eigenvalue weighted by molar-refractivity contribution is 0.357. The van der Waals surface area contributed by atoms with Gasteiger partial charge in [-0.1, -0.05) is 26.2 Å². The van der Waals surface area contributed by atoms with Gasteiger partial charge in [-0.25, -0.2) is 4.98 Å². The molecule has 2 rings (SSSR count). The molecule has 0 aliphatic heterocycles. The number of nitrogens with one attached hydrogen (secondary N) is 1. The monoisotopic (exact) mass is 238 g/mol. The van der Waals surface area contributed by atoms with E-state index in [0.29, 0.717) is 6.04 Å². The molecular formula is C13H22N2S. The molecule has 1 saturated carbocycles. The highest BCUT2D eigenvalue weighted by molar-refractivity contribution is 7.09. The van der Waals surface area contributed by atoms with Crippen molar-refractivity contribution in [2.75, 3.05) is 0 Å². The number of nitrogens with zero attached hydrogens (tertiary/aromatic N) is 1. The molecule has 90 valence electrons. The van der Waals surface area contributed by atoms with Gasteiger partial charge < -0.3 is 5.32 Å². The lowest BCUT2D eigenvalue weighted by Crippen LogP contribution is -2.33. The predicted molar refractivity (Wildman–Crippen MR) is 69.7 cm³/mol. The second-order valence-electron chi connectivity index (χ2n) is 4.96. The van der Waals surface area contributed by atoms with Gasteiger partial charge in [0.05, 0.1) is 11.2 Å². The standard InChI is InChI=1S/C13H22N2S/c1-10-6-4-3-5-7-12(10)14-8-13-11(2)15-9-16-13/h9-10,12,14H,3-8H2,1-2H3. The fourth-order valence-electron chi connectivity index (χ4n) is 2.52. The van der Waals surface area contributed by atoms with Crippen molar-refractivity contribution in [3.05, 3.63) is 16.1 Å². The van der Waals surface area contributed by atoms with Crippen LogP contribution in [0.15, 0.2) is 5.51 Å². The predicted octanol–water partition coefficient (Wildman–Crippen LogP) is 3.51. The molecule has 0 saturated heterocycles. The highest BCUT2D eigenvalue weighted by Gasteiger charge is 2.19. The minimum absolute atomic E-state index is 0.712. The molecule has 0 amide bonds. The molecule has 0 radical (unpaired) electrons. The van der Waals surface area contributed by atoms with E-state index in [2.05, 4.69) is 24.1 Å². The second kappa shape index (κ2) is 5.78. The van der Waals surface area contributed by atoms with E-state index >= 15 is 0 Å². The third kappa shape index (κ3) is 3.05. The molecule has 1 N–H and O–H groups in total. The molecule has 1 aliphatic carbocycles. The molecule has 1 fully saturated rings. The molecule has 16 heavy (non-hydrogen) atoms. The van der Waals surface area contributed by atoms with Gasteiger partial charge in [-0.05, 0) is 25.7 Å². The molecule has 0 bridgehead atoms. The van der Waals surface area contributed by atoms with Crippen molar-refractivity contribution in [1.29, 1.82) is 0 Å². The Balaban J connectivity index is 1.86. The van der Waals surface area contributed by atoms with Crippen LogP contribution in [0.25, 0.3) is 0 Å². The minimum Gasteiger partial charge on any atom is -0.309 e. The SMILES string of the molecule is Cc1ncsc1CNC1CCCCCC1C. The van der Waals surface area contributed by atoms with Crippen molar-refractivity contribution in [2.24, 2.45) is 5.92 Å². The van der Waals surface area contributed by atoms with Crippen molar-refractivity contribution < 1.29 is 0 Å². The van der Waals surface area contributed by atoms with Gasteiger partial charge in [0.15, 0.2) is 0 Å². The lowest BCUT2D eigenvalue weighted by atomic mass is 9.97. The maximum atomic E-state index is 4.30. The normalized spacial score (nSPS) is 26.6.